The number of carbonyl (C=O) groups is 2. The minimum absolute atomic E-state index is 0.0638. The van der Waals surface area contributed by atoms with Crippen LogP contribution < -0.4 is 0 Å². The Hall–Kier alpha value is -1.36. The van der Waals surface area contributed by atoms with Gasteiger partial charge < -0.3 is 14.7 Å². The maximum absolute atomic E-state index is 12.2. The highest BCUT2D eigenvalue weighted by Gasteiger charge is 2.66. The fourth-order valence-electron chi connectivity index (χ4n) is 3.32. The summed E-state index contributed by atoms with van der Waals surface area (Å²) in [6, 6.07) is 0. The lowest BCUT2D eigenvalue weighted by molar-refractivity contribution is -0.148. The quantitative estimate of drug-likeness (QED) is 0.715. The Morgan fingerprint density at radius 1 is 1.71 bits per heavy atom. The van der Waals surface area contributed by atoms with Crippen molar-refractivity contribution in [1.82, 2.24) is 4.90 Å². The summed E-state index contributed by atoms with van der Waals surface area (Å²) in [4.78, 5) is 25.2. The predicted molar refractivity (Wildman–Crippen MR) is 58.2 cm³/mol. The normalized spacial score (nSPS) is 42.3. The zero-order valence-corrected chi connectivity index (χ0v) is 9.63. The fourth-order valence-corrected chi connectivity index (χ4v) is 3.32. The van der Waals surface area contributed by atoms with Gasteiger partial charge >= 0.3 is 5.97 Å². The summed E-state index contributed by atoms with van der Waals surface area (Å²) in [6.07, 6.45) is 4.12. The monoisotopic (exact) mass is 237 g/mol. The molecule has 5 nitrogen and oxygen atoms in total. The number of rotatable bonds is 3. The van der Waals surface area contributed by atoms with Crippen molar-refractivity contribution in [1.29, 1.82) is 0 Å². The van der Waals surface area contributed by atoms with Crippen molar-refractivity contribution < 1.29 is 19.4 Å². The van der Waals surface area contributed by atoms with E-state index < -0.39 is 29.5 Å². The molecule has 0 aromatic rings. The molecule has 1 spiro atoms. The van der Waals surface area contributed by atoms with Crippen LogP contribution in [0.1, 0.15) is 13.3 Å². The fraction of sp³-hybridized carbons (Fsp3) is 0.667. The van der Waals surface area contributed by atoms with Crippen LogP contribution >= 0.6 is 0 Å². The van der Waals surface area contributed by atoms with E-state index >= 15 is 0 Å². The molecule has 0 radical (unpaired) electrons. The average Bonchev–Trinajstić information content (AvgIpc) is 2.88. The molecule has 92 valence electrons. The smallest absolute Gasteiger partial charge is 0.310 e. The molecule has 3 aliphatic heterocycles. The molecule has 0 saturated carbocycles. The zero-order valence-electron chi connectivity index (χ0n) is 9.63. The number of hydrogen-bond donors (Lipinski definition) is 1. The van der Waals surface area contributed by atoms with E-state index in [9.17, 15) is 14.7 Å². The summed E-state index contributed by atoms with van der Waals surface area (Å²) < 4.78 is 5.75. The Morgan fingerprint density at radius 2 is 2.47 bits per heavy atom. The molecule has 3 heterocycles. The molecule has 0 aromatic heterocycles. The summed E-state index contributed by atoms with van der Waals surface area (Å²) in [5, 5.41) is 9.23. The number of hydrogen-bond acceptors (Lipinski definition) is 3. The first-order chi connectivity index (χ1) is 8.09. The molecule has 2 saturated heterocycles. The molecule has 2 bridgehead atoms. The van der Waals surface area contributed by atoms with Crippen molar-refractivity contribution in [3.8, 4) is 0 Å². The van der Waals surface area contributed by atoms with E-state index in [0.29, 0.717) is 13.1 Å². The topological polar surface area (TPSA) is 66.8 Å². The molecule has 4 atom stereocenters. The number of carboxylic acid groups (broad SMARTS) is 1. The summed E-state index contributed by atoms with van der Waals surface area (Å²) in [6.45, 7) is 3.17. The lowest BCUT2D eigenvalue weighted by Crippen LogP contribution is -2.39. The SMILES string of the molecule is CCCN1C[C@@]23C=C[C@H](O2)[C@H](C(=O)O)[C@@H]3C1=O. The minimum Gasteiger partial charge on any atom is -0.481 e. The molecule has 3 aliphatic rings. The Balaban J connectivity index is 1.96. The highest BCUT2D eigenvalue weighted by molar-refractivity contribution is 5.90. The maximum atomic E-state index is 12.2. The van der Waals surface area contributed by atoms with E-state index in [1.54, 1.807) is 11.0 Å². The standard InChI is InChI=1S/C12H15NO4/c1-2-5-13-6-12-4-3-7(17-12)8(11(15)16)9(12)10(13)14/h3-4,7-9H,2,5-6H2,1H3,(H,15,16)/t7-,8-,9+,12+/m0/s1. The number of likely N-dealkylation sites (tertiary alicyclic amines) is 1. The van der Waals surface area contributed by atoms with Crippen LogP contribution in [0.3, 0.4) is 0 Å². The van der Waals surface area contributed by atoms with Crippen molar-refractivity contribution in [2.24, 2.45) is 11.8 Å². The van der Waals surface area contributed by atoms with Crippen molar-refractivity contribution >= 4 is 11.9 Å². The van der Waals surface area contributed by atoms with E-state index in [0.717, 1.165) is 6.42 Å². The van der Waals surface area contributed by atoms with Crippen molar-refractivity contribution in [2.45, 2.75) is 25.0 Å². The van der Waals surface area contributed by atoms with Crippen LogP contribution in [0.5, 0.6) is 0 Å². The number of carboxylic acids is 1. The van der Waals surface area contributed by atoms with Gasteiger partial charge in [-0.15, -0.1) is 0 Å². The highest BCUT2D eigenvalue weighted by Crippen LogP contribution is 2.51. The van der Waals surface area contributed by atoms with Gasteiger partial charge in [-0.25, -0.2) is 0 Å². The van der Waals surface area contributed by atoms with E-state index in [2.05, 4.69) is 0 Å². The molecule has 17 heavy (non-hydrogen) atoms. The second-order valence-electron chi connectivity index (χ2n) is 5.00. The molecule has 1 N–H and O–H groups in total. The van der Waals surface area contributed by atoms with Crippen LogP contribution in [-0.4, -0.2) is 46.7 Å². The number of aliphatic carboxylic acids is 1. The van der Waals surface area contributed by atoms with Crippen molar-refractivity contribution in [2.75, 3.05) is 13.1 Å². The van der Waals surface area contributed by atoms with Crippen molar-refractivity contribution in [3.05, 3.63) is 12.2 Å². The molecular weight excluding hydrogens is 222 g/mol. The van der Waals surface area contributed by atoms with Crippen LogP contribution in [0.15, 0.2) is 12.2 Å². The first-order valence-corrected chi connectivity index (χ1v) is 5.98. The second kappa shape index (κ2) is 3.32. The highest BCUT2D eigenvalue weighted by atomic mass is 16.5. The molecule has 2 fully saturated rings. The third kappa shape index (κ3) is 1.23. The Morgan fingerprint density at radius 3 is 3.12 bits per heavy atom. The van der Waals surface area contributed by atoms with Crippen LogP contribution in [0.4, 0.5) is 0 Å². The predicted octanol–water partition coefficient (Wildman–Crippen LogP) is 0.263. The van der Waals surface area contributed by atoms with Crippen LogP contribution in [0.2, 0.25) is 0 Å². The van der Waals surface area contributed by atoms with Gasteiger partial charge in [0.05, 0.1) is 18.6 Å². The Kier molecular flexibility index (Phi) is 2.10. The van der Waals surface area contributed by atoms with Gasteiger partial charge in [-0.05, 0) is 6.42 Å². The van der Waals surface area contributed by atoms with Gasteiger partial charge in [-0.3, -0.25) is 9.59 Å². The Labute approximate surface area is 99.0 Å². The number of nitrogens with zero attached hydrogens (tertiary/aromatic N) is 1. The molecular formula is C12H15NO4. The van der Waals surface area contributed by atoms with Crippen molar-refractivity contribution in [3.63, 3.8) is 0 Å². The van der Waals surface area contributed by atoms with Gasteiger partial charge in [-0.1, -0.05) is 19.1 Å². The largest absolute Gasteiger partial charge is 0.481 e. The van der Waals surface area contributed by atoms with E-state index in [4.69, 9.17) is 4.74 Å². The lowest BCUT2D eigenvalue weighted by atomic mass is 9.77. The first-order valence-electron chi connectivity index (χ1n) is 5.98. The third-order valence-electron chi connectivity index (χ3n) is 3.96. The average molecular weight is 237 g/mol. The molecule has 0 aliphatic carbocycles. The van der Waals surface area contributed by atoms with Crippen LogP contribution in [0, 0.1) is 11.8 Å². The first kappa shape index (κ1) is 10.8. The summed E-state index contributed by atoms with van der Waals surface area (Å²) in [5.74, 6) is -2.24. The Bertz CT molecular complexity index is 419. The van der Waals surface area contributed by atoms with Gasteiger partial charge in [0.1, 0.15) is 11.5 Å². The number of fused-ring (bicyclic) bond motifs is 1. The summed E-state index contributed by atoms with van der Waals surface area (Å²) in [5.41, 5.74) is -0.667. The number of carbonyl (C=O) groups excluding carboxylic acids is 1. The molecule has 0 aromatic carbocycles. The third-order valence-corrected chi connectivity index (χ3v) is 3.96. The van der Waals surface area contributed by atoms with Gasteiger partial charge in [0, 0.05) is 6.54 Å². The van der Waals surface area contributed by atoms with E-state index in [1.807, 2.05) is 13.0 Å². The molecule has 5 heteroatoms. The number of amides is 1. The second-order valence-corrected chi connectivity index (χ2v) is 5.00. The molecule has 3 rings (SSSR count). The maximum Gasteiger partial charge on any atom is 0.310 e. The number of ether oxygens (including phenoxy) is 1. The van der Waals surface area contributed by atoms with Crippen LogP contribution in [0.25, 0.3) is 0 Å². The zero-order chi connectivity index (χ0) is 12.2. The lowest BCUT2D eigenvalue weighted by Gasteiger charge is -2.21. The van der Waals surface area contributed by atoms with E-state index in [-0.39, 0.29) is 5.91 Å². The van der Waals surface area contributed by atoms with Gasteiger partial charge in [0.2, 0.25) is 5.91 Å². The summed E-state index contributed by atoms with van der Waals surface area (Å²) >= 11 is 0. The van der Waals surface area contributed by atoms with Gasteiger partial charge in [-0.2, -0.15) is 0 Å². The van der Waals surface area contributed by atoms with Gasteiger partial charge in [0.25, 0.3) is 0 Å². The minimum atomic E-state index is -0.932. The van der Waals surface area contributed by atoms with Crippen LogP contribution in [-0.2, 0) is 14.3 Å². The van der Waals surface area contributed by atoms with E-state index in [1.165, 1.54) is 0 Å². The molecule has 0 unspecified atom stereocenters. The van der Waals surface area contributed by atoms with Gasteiger partial charge in [0.15, 0.2) is 0 Å². The summed E-state index contributed by atoms with van der Waals surface area (Å²) in [7, 11) is 0. The molecule has 1 amide bonds.